The van der Waals surface area contributed by atoms with Gasteiger partial charge in [0.25, 0.3) is 5.91 Å². The van der Waals surface area contributed by atoms with Crippen molar-refractivity contribution >= 4 is 27.7 Å². The molecule has 11 heteroatoms. The Morgan fingerprint density at radius 1 is 1.14 bits per heavy atom. The molecule has 36 heavy (non-hydrogen) atoms. The minimum Gasteiger partial charge on any atom is -0.491 e. The number of carbonyl (C=O) groups excluding carboxylic acids is 1. The zero-order chi connectivity index (χ0) is 25.9. The molecule has 0 radical (unpaired) electrons. The number of carboxylic acid groups (broad SMARTS) is 1. The molecule has 4 N–H and O–H groups in total. The van der Waals surface area contributed by atoms with E-state index in [4.69, 9.17) is 15.6 Å². The summed E-state index contributed by atoms with van der Waals surface area (Å²) in [7, 11) is -3.71. The molecule has 2 amide bonds. The predicted octanol–water partition coefficient (Wildman–Crippen LogP) is 2.72. The lowest BCUT2D eigenvalue weighted by Gasteiger charge is -2.21. The number of hydrogen-bond donors (Lipinski definition) is 3. The average molecular weight is 511 g/mol. The summed E-state index contributed by atoms with van der Waals surface area (Å²) in [6.45, 7) is 2.47. The lowest BCUT2D eigenvalue weighted by Crippen LogP contribution is -2.33. The molecular weight excluding hydrogens is 484 g/mol. The number of aromatic nitrogens is 1. The number of pyridine rings is 1. The monoisotopic (exact) mass is 510 g/mol. The van der Waals surface area contributed by atoms with Crippen LogP contribution in [0.1, 0.15) is 21.5 Å². The quantitative estimate of drug-likeness (QED) is 0.458. The molecule has 0 spiro atoms. The Balaban J connectivity index is 1.54. The molecule has 0 bridgehead atoms. The molecule has 4 rings (SSSR count). The Morgan fingerprint density at radius 2 is 1.92 bits per heavy atom. The Hall–Kier alpha value is -4.12. The largest absolute Gasteiger partial charge is 0.491 e. The third-order valence-corrected chi connectivity index (χ3v) is 7.60. The molecule has 3 aromatic rings. The maximum Gasteiger partial charge on any atom is 0.404 e. The molecular formula is C25H26N4O6S. The number of amides is 2. The second-order valence-electron chi connectivity index (χ2n) is 8.40. The maximum atomic E-state index is 13.4. The van der Waals surface area contributed by atoms with E-state index in [1.54, 1.807) is 24.1 Å². The number of nitrogens with one attached hydrogen (secondary N) is 1. The van der Waals surface area contributed by atoms with Crippen molar-refractivity contribution in [3.63, 3.8) is 0 Å². The molecule has 10 nitrogen and oxygen atoms in total. The summed E-state index contributed by atoms with van der Waals surface area (Å²) in [6, 6.07) is 13.7. The van der Waals surface area contributed by atoms with Crippen molar-refractivity contribution in [1.82, 2.24) is 15.2 Å². The number of nitrogen functional groups attached to an aromatic ring is 1. The van der Waals surface area contributed by atoms with Gasteiger partial charge in [0, 0.05) is 36.0 Å². The minimum atomic E-state index is -3.71. The third-order valence-electron chi connectivity index (χ3n) is 5.88. The van der Waals surface area contributed by atoms with Gasteiger partial charge in [0.2, 0.25) is 0 Å². The van der Waals surface area contributed by atoms with Crippen molar-refractivity contribution in [2.24, 2.45) is 0 Å². The number of anilines is 1. The van der Waals surface area contributed by atoms with E-state index in [0.717, 1.165) is 16.7 Å². The summed E-state index contributed by atoms with van der Waals surface area (Å²) in [5.74, 6) is 0.517. The van der Waals surface area contributed by atoms with Crippen LogP contribution in [0.2, 0.25) is 0 Å². The molecule has 0 fully saturated rings. The topological polar surface area (TPSA) is 152 Å². The van der Waals surface area contributed by atoms with Crippen molar-refractivity contribution in [2.45, 2.75) is 18.4 Å². The summed E-state index contributed by atoms with van der Waals surface area (Å²) < 4.78 is 31.0. The molecule has 0 saturated carbocycles. The number of hydrogen-bond acceptors (Lipinski definition) is 7. The molecule has 0 unspecified atom stereocenters. The van der Waals surface area contributed by atoms with E-state index in [2.05, 4.69) is 4.98 Å². The van der Waals surface area contributed by atoms with Gasteiger partial charge in [-0.2, -0.15) is 0 Å². The van der Waals surface area contributed by atoms with Gasteiger partial charge in [0.1, 0.15) is 18.2 Å². The summed E-state index contributed by atoms with van der Waals surface area (Å²) in [4.78, 5) is 29.8. The van der Waals surface area contributed by atoms with Gasteiger partial charge in [-0.25, -0.2) is 18.2 Å². The number of nitrogens with two attached hydrogens (primary N) is 1. The van der Waals surface area contributed by atoms with Gasteiger partial charge in [-0.3, -0.25) is 4.79 Å². The summed E-state index contributed by atoms with van der Waals surface area (Å²) >= 11 is 0. The molecule has 1 aliphatic heterocycles. The average Bonchev–Trinajstić information content (AvgIpc) is 3.05. The van der Waals surface area contributed by atoms with Crippen LogP contribution < -0.4 is 15.8 Å². The SMILES string of the molecule is Cc1cc(S(=O)(=O)CCNC(=O)O)ccc1C(=O)N1CCOc2ccc(-c3ccc(N)nc3)cc2C1. The van der Waals surface area contributed by atoms with Gasteiger partial charge in [0.15, 0.2) is 9.84 Å². The van der Waals surface area contributed by atoms with Crippen molar-refractivity contribution < 1.29 is 27.9 Å². The van der Waals surface area contributed by atoms with E-state index in [9.17, 15) is 18.0 Å². The van der Waals surface area contributed by atoms with Crippen molar-refractivity contribution in [3.8, 4) is 16.9 Å². The second kappa shape index (κ2) is 10.2. The first-order valence-electron chi connectivity index (χ1n) is 11.2. The van der Waals surface area contributed by atoms with E-state index in [0.29, 0.717) is 42.4 Å². The van der Waals surface area contributed by atoms with Gasteiger partial charge < -0.3 is 25.8 Å². The smallest absolute Gasteiger partial charge is 0.404 e. The molecule has 188 valence electrons. The second-order valence-corrected chi connectivity index (χ2v) is 10.5. The number of benzene rings is 2. The van der Waals surface area contributed by atoms with Gasteiger partial charge in [-0.05, 0) is 60.5 Å². The lowest BCUT2D eigenvalue weighted by molar-refractivity contribution is 0.0732. The molecule has 1 aliphatic rings. The van der Waals surface area contributed by atoms with Crippen LogP contribution in [0.5, 0.6) is 5.75 Å². The number of carbonyl (C=O) groups is 2. The van der Waals surface area contributed by atoms with Crippen molar-refractivity contribution in [2.75, 3.05) is 31.2 Å². The minimum absolute atomic E-state index is 0.0371. The molecule has 2 heterocycles. The molecule has 2 aromatic carbocycles. The Morgan fingerprint density at radius 3 is 2.61 bits per heavy atom. The molecule has 0 atom stereocenters. The van der Waals surface area contributed by atoms with E-state index in [-0.39, 0.29) is 23.1 Å². The molecule has 0 aliphatic carbocycles. The first-order chi connectivity index (χ1) is 17.1. The highest BCUT2D eigenvalue weighted by Crippen LogP contribution is 2.30. The van der Waals surface area contributed by atoms with Crippen LogP contribution in [-0.4, -0.2) is 60.9 Å². The van der Waals surface area contributed by atoms with Crippen LogP contribution >= 0.6 is 0 Å². The van der Waals surface area contributed by atoms with Crippen molar-refractivity contribution in [1.29, 1.82) is 0 Å². The molecule has 0 saturated heterocycles. The van der Waals surface area contributed by atoms with E-state index in [1.165, 1.54) is 18.2 Å². The van der Waals surface area contributed by atoms with Crippen LogP contribution in [0.3, 0.4) is 0 Å². The van der Waals surface area contributed by atoms with E-state index in [1.807, 2.05) is 29.6 Å². The summed E-state index contributed by atoms with van der Waals surface area (Å²) in [5, 5.41) is 10.7. The first kappa shape index (κ1) is 25.0. The third kappa shape index (κ3) is 5.57. The fourth-order valence-electron chi connectivity index (χ4n) is 3.97. The fraction of sp³-hybridized carbons (Fsp3) is 0.240. The Bertz CT molecular complexity index is 1410. The maximum absolute atomic E-state index is 13.4. The van der Waals surface area contributed by atoms with Crippen molar-refractivity contribution in [3.05, 3.63) is 71.4 Å². The Kier molecular flexibility index (Phi) is 7.11. The highest BCUT2D eigenvalue weighted by molar-refractivity contribution is 7.91. The van der Waals surface area contributed by atoms with Gasteiger partial charge in [0.05, 0.1) is 17.2 Å². The van der Waals surface area contributed by atoms with Gasteiger partial charge in [-0.15, -0.1) is 0 Å². The van der Waals surface area contributed by atoms with Crippen LogP contribution in [0.25, 0.3) is 11.1 Å². The number of sulfone groups is 1. The number of fused-ring (bicyclic) bond motifs is 1. The zero-order valence-electron chi connectivity index (χ0n) is 19.6. The summed E-state index contributed by atoms with van der Waals surface area (Å²) in [6.07, 6.45) is 0.399. The Labute approximate surface area is 208 Å². The first-order valence-corrected chi connectivity index (χ1v) is 12.9. The normalized spacial score (nSPS) is 13.3. The van der Waals surface area contributed by atoms with Crippen LogP contribution in [0.4, 0.5) is 10.6 Å². The van der Waals surface area contributed by atoms with Gasteiger partial charge in [-0.1, -0.05) is 6.07 Å². The van der Waals surface area contributed by atoms with Crippen LogP contribution in [-0.2, 0) is 16.4 Å². The van der Waals surface area contributed by atoms with E-state index >= 15 is 0 Å². The van der Waals surface area contributed by atoms with Crippen LogP contribution in [0.15, 0.2) is 59.6 Å². The fourth-order valence-corrected chi connectivity index (χ4v) is 5.21. The highest BCUT2D eigenvalue weighted by atomic mass is 32.2. The standard InChI is InChI=1S/C25H26N4O6S/c1-16-12-20(36(33,34)11-8-27-25(31)32)4-5-21(16)24(30)29-9-10-35-22-6-2-17(13-19(22)15-29)18-3-7-23(26)28-14-18/h2-7,12-14,27H,8-11,15H2,1H3,(H2,26,28)(H,31,32). The van der Waals surface area contributed by atoms with E-state index < -0.39 is 15.9 Å². The van der Waals surface area contributed by atoms with Gasteiger partial charge >= 0.3 is 6.09 Å². The number of rotatable bonds is 6. The zero-order valence-corrected chi connectivity index (χ0v) is 20.4. The number of nitrogens with zero attached hydrogens (tertiary/aromatic N) is 2. The highest BCUT2D eigenvalue weighted by Gasteiger charge is 2.24. The summed E-state index contributed by atoms with van der Waals surface area (Å²) in [5.41, 5.74) is 9.24. The lowest BCUT2D eigenvalue weighted by atomic mass is 10.0. The predicted molar refractivity (Wildman–Crippen MR) is 134 cm³/mol. The number of ether oxygens (including phenoxy) is 1. The van der Waals surface area contributed by atoms with Crippen LogP contribution in [0, 0.1) is 6.92 Å². The number of aryl methyl sites for hydroxylation is 1. The molecule has 1 aromatic heterocycles.